The molecule has 0 amide bonds. The summed E-state index contributed by atoms with van der Waals surface area (Å²) in [4.78, 5) is 16.1. The second kappa shape index (κ2) is 9.95. The number of hydrogen-bond donors (Lipinski definition) is 1. The van der Waals surface area contributed by atoms with E-state index in [0.717, 1.165) is 17.3 Å². The first-order chi connectivity index (χ1) is 18.8. The molecule has 0 fully saturated rings. The minimum absolute atomic E-state index is 0.0261. The van der Waals surface area contributed by atoms with Crippen molar-refractivity contribution in [3.63, 3.8) is 0 Å². The topological polar surface area (TPSA) is 124 Å². The summed E-state index contributed by atoms with van der Waals surface area (Å²) < 4.78 is 54.9. The molecule has 0 unspecified atom stereocenters. The number of H-pyrrole nitrogens is 1. The van der Waals surface area contributed by atoms with E-state index < -0.39 is 10.0 Å². The highest BCUT2D eigenvalue weighted by Crippen LogP contribution is 2.34. The highest BCUT2D eigenvalue weighted by Gasteiger charge is 2.31. The van der Waals surface area contributed by atoms with E-state index in [0.29, 0.717) is 58.0 Å². The Morgan fingerprint density at radius 2 is 1.74 bits per heavy atom. The largest absolute Gasteiger partial charge is 0.497 e. The van der Waals surface area contributed by atoms with Gasteiger partial charge in [-0.15, -0.1) is 0 Å². The molecule has 2 aromatic heterocycles. The van der Waals surface area contributed by atoms with Gasteiger partial charge in [-0.05, 0) is 48.4 Å². The summed E-state index contributed by atoms with van der Waals surface area (Å²) in [5.74, 6) is 1.79. The van der Waals surface area contributed by atoms with Crippen LogP contribution in [-0.4, -0.2) is 46.8 Å². The van der Waals surface area contributed by atoms with Gasteiger partial charge in [0.05, 0.1) is 24.4 Å². The molecule has 5 aromatic rings. The van der Waals surface area contributed by atoms with Gasteiger partial charge in [-0.2, -0.15) is 13.1 Å². The molecular weight excluding hydrogens is 540 g/mol. The lowest BCUT2D eigenvalue weighted by atomic mass is 10.1. The number of sulfonamides is 1. The summed E-state index contributed by atoms with van der Waals surface area (Å²) >= 11 is 0.957. The van der Waals surface area contributed by atoms with E-state index >= 15 is 0 Å². The van der Waals surface area contributed by atoms with Crippen molar-refractivity contribution in [3.05, 3.63) is 81.6 Å². The van der Waals surface area contributed by atoms with E-state index in [1.165, 1.54) is 4.31 Å². The number of aromatic amines is 1. The van der Waals surface area contributed by atoms with Crippen molar-refractivity contribution in [3.8, 4) is 17.2 Å². The monoisotopic (exact) mass is 564 g/mol. The Morgan fingerprint density at radius 1 is 1.00 bits per heavy atom. The summed E-state index contributed by atoms with van der Waals surface area (Å²) in [5, 5.41) is 0.706. The number of aryl methyl sites for hydroxylation is 1. The maximum absolute atomic E-state index is 14.3. The van der Waals surface area contributed by atoms with Gasteiger partial charge in [0.25, 0.3) is 5.56 Å². The third kappa shape index (κ3) is 4.71. The zero-order valence-corrected chi connectivity index (χ0v) is 22.8. The maximum atomic E-state index is 14.3. The van der Waals surface area contributed by atoms with Crippen LogP contribution in [0.2, 0.25) is 0 Å². The van der Waals surface area contributed by atoms with Crippen LogP contribution in [0.1, 0.15) is 16.7 Å². The fourth-order valence-corrected chi connectivity index (χ4v) is 7.00. The number of methoxy groups -OCH3 is 1. The van der Waals surface area contributed by atoms with Gasteiger partial charge in [-0.1, -0.05) is 18.2 Å². The number of nitrogens with zero attached hydrogens (tertiary/aromatic N) is 3. The lowest BCUT2D eigenvalue weighted by Gasteiger charge is -2.24. The summed E-state index contributed by atoms with van der Waals surface area (Å²) in [6.45, 7) is 2.45. The minimum Gasteiger partial charge on any atom is -0.497 e. The van der Waals surface area contributed by atoms with E-state index in [4.69, 9.17) is 14.2 Å². The van der Waals surface area contributed by atoms with Crippen LogP contribution in [0.15, 0.2) is 64.3 Å². The van der Waals surface area contributed by atoms with Crippen LogP contribution in [0, 0.1) is 6.92 Å². The molecule has 0 saturated carbocycles. The average Bonchev–Trinajstić information content (AvgIpc) is 3.40. The number of fused-ring (bicyclic) bond motifs is 3. The molecule has 1 aliphatic heterocycles. The third-order valence-electron chi connectivity index (χ3n) is 6.62. The lowest BCUT2D eigenvalue weighted by Crippen LogP contribution is -2.33. The molecule has 0 radical (unpaired) electrons. The molecule has 200 valence electrons. The molecule has 6 rings (SSSR count). The smallest absolute Gasteiger partial charge is 0.252 e. The standard InChI is InChI=1S/C27H24N4O6S2/c1-16-3-8-21-25(30-38-29-21)26(16)39(33,34)31(14-17-4-6-20(35-2)7-5-17)15-19-11-18-12-23-24(37-10-9-36-23)13-22(18)28-27(19)32/h3-8,11-13H,9-10,14-15H2,1-2H3,(H,28,32). The fraction of sp³-hybridized carbons (Fsp3) is 0.222. The van der Waals surface area contributed by atoms with E-state index in [9.17, 15) is 13.2 Å². The molecule has 39 heavy (non-hydrogen) atoms. The number of benzene rings is 3. The van der Waals surface area contributed by atoms with Crippen molar-refractivity contribution >= 4 is 43.7 Å². The minimum atomic E-state index is -4.12. The molecule has 0 atom stereocenters. The quantitative estimate of drug-likeness (QED) is 0.315. The Morgan fingerprint density at radius 3 is 2.49 bits per heavy atom. The van der Waals surface area contributed by atoms with Gasteiger partial charge in [0, 0.05) is 30.1 Å². The first-order valence-electron chi connectivity index (χ1n) is 12.1. The highest BCUT2D eigenvalue weighted by molar-refractivity contribution is 7.89. The van der Waals surface area contributed by atoms with Crippen molar-refractivity contribution in [1.82, 2.24) is 18.0 Å². The second-order valence-corrected chi connectivity index (χ2v) is 11.6. The Hall–Kier alpha value is -4.00. The highest BCUT2D eigenvalue weighted by atomic mass is 32.2. The van der Waals surface area contributed by atoms with Gasteiger partial charge in [0.2, 0.25) is 10.0 Å². The number of aromatic nitrogens is 3. The van der Waals surface area contributed by atoms with Crippen molar-refractivity contribution in [1.29, 1.82) is 0 Å². The van der Waals surface area contributed by atoms with Crippen molar-refractivity contribution in [2.45, 2.75) is 24.9 Å². The van der Waals surface area contributed by atoms with Crippen LogP contribution in [0.5, 0.6) is 17.2 Å². The predicted molar refractivity (Wildman–Crippen MR) is 147 cm³/mol. The predicted octanol–water partition coefficient (Wildman–Crippen LogP) is 4.01. The van der Waals surface area contributed by atoms with Crippen LogP contribution >= 0.6 is 11.7 Å². The molecule has 12 heteroatoms. The summed E-state index contributed by atoms with van der Waals surface area (Å²) in [5.41, 5.74) is 2.58. The first kappa shape index (κ1) is 25.3. The van der Waals surface area contributed by atoms with E-state index in [1.807, 2.05) is 0 Å². The zero-order valence-electron chi connectivity index (χ0n) is 21.1. The molecule has 10 nitrogen and oxygen atoms in total. The molecule has 0 saturated heterocycles. The van der Waals surface area contributed by atoms with Gasteiger partial charge in [0.15, 0.2) is 11.5 Å². The SMILES string of the molecule is COc1ccc(CN(Cc2cc3cc4c(cc3[nH]c2=O)OCCO4)S(=O)(=O)c2c(C)ccc3nsnc23)cc1. The Kier molecular flexibility index (Phi) is 6.45. The van der Waals surface area contributed by atoms with Gasteiger partial charge < -0.3 is 19.2 Å². The van der Waals surface area contributed by atoms with E-state index in [-0.39, 0.29) is 29.1 Å². The average molecular weight is 565 g/mol. The summed E-state index contributed by atoms with van der Waals surface area (Å²) in [7, 11) is -2.55. The van der Waals surface area contributed by atoms with Crippen LogP contribution in [0.4, 0.5) is 0 Å². The van der Waals surface area contributed by atoms with E-state index in [1.54, 1.807) is 68.6 Å². The van der Waals surface area contributed by atoms with Crippen molar-refractivity contribution in [2.24, 2.45) is 0 Å². The van der Waals surface area contributed by atoms with Gasteiger partial charge in [0.1, 0.15) is 34.9 Å². The second-order valence-electron chi connectivity index (χ2n) is 9.17. The van der Waals surface area contributed by atoms with Crippen LogP contribution < -0.4 is 19.8 Å². The fourth-order valence-electron chi connectivity index (χ4n) is 4.64. The molecule has 1 N–H and O–H groups in total. The molecule has 0 bridgehead atoms. The van der Waals surface area contributed by atoms with Crippen LogP contribution in [0.25, 0.3) is 21.9 Å². The van der Waals surface area contributed by atoms with E-state index in [2.05, 4.69) is 13.7 Å². The van der Waals surface area contributed by atoms with Crippen molar-refractivity contribution in [2.75, 3.05) is 20.3 Å². The molecule has 1 aliphatic rings. The molecular formula is C27H24N4O6S2. The molecule has 3 heterocycles. The Labute approximate surface area is 228 Å². The number of pyridine rings is 1. The first-order valence-corrected chi connectivity index (χ1v) is 14.3. The summed E-state index contributed by atoms with van der Waals surface area (Å²) in [6.07, 6.45) is 0. The zero-order chi connectivity index (χ0) is 27.1. The summed E-state index contributed by atoms with van der Waals surface area (Å²) in [6, 6.07) is 15.8. The van der Waals surface area contributed by atoms with Gasteiger partial charge in [-0.3, -0.25) is 4.79 Å². The number of ether oxygens (including phenoxy) is 3. The molecule has 3 aromatic carbocycles. The third-order valence-corrected chi connectivity index (χ3v) is 9.14. The van der Waals surface area contributed by atoms with Gasteiger partial charge in [-0.25, -0.2) is 8.42 Å². The Balaban J connectivity index is 1.45. The van der Waals surface area contributed by atoms with Crippen molar-refractivity contribution < 1.29 is 22.6 Å². The van der Waals surface area contributed by atoms with Crippen LogP contribution in [-0.2, 0) is 23.1 Å². The Bertz CT molecular complexity index is 1870. The molecule has 0 spiro atoms. The number of nitrogens with one attached hydrogen (secondary N) is 1. The normalized spacial score (nSPS) is 13.3. The van der Waals surface area contributed by atoms with Gasteiger partial charge >= 0.3 is 0 Å². The molecule has 0 aliphatic carbocycles. The number of rotatable bonds is 7. The lowest BCUT2D eigenvalue weighted by molar-refractivity contribution is 0.172. The maximum Gasteiger partial charge on any atom is 0.252 e. The number of hydrogen-bond acceptors (Lipinski definition) is 9. The van der Waals surface area contributed by atoms with Crippen LogP contribution in [0.3, 0.4) is 0 Å².